The fourth-order valence-corrected chi connectivity index (χ4v) is 2.26. The quantitative estimate of drug-likeness (QED) is 0.724. The number of aromatic nitrogens is 6. The maximum atomic E-state index is 9.80. The van der Waals surface area contributed by atoms with Gasteiger partial charge in [-0.05, 0) is 6.42 Å². The smallest absolute Gasteiger partial charge is 0.258 e. The van der Waals surface area contributed by atoms with Crippen molar-refractivity contribution in [2.24, 2.45) is 5.41 Å². The van der Waals surface area contributed by atoms with Crippen molar-refractivity contribution in [3.8, 4) is 5.95 Å². The summed E-state index contributed by atoms with van der Waals surface area (Å²) in [4.78, 5) is 16.7. The highest BCUT2D eigenvalue weighted by molar-refractivity contribution is 5.39. The van der Waals surface area contributed by atoms with Crippen LogP contribution >= 0.6 is 0 Å². The van der Waals surface area contributed by atoms with Crippen molar-refractivity contribution in [1.82, 2.24) is 29.7 Å². The highest BCUT2D eigenvalue weighted by atomic mass is 16.3. The summed E-state index contributed by atoms with van der Waals surface area (Å²) in [5.41, 5.74) is -0.208. The molecule has 2 aromatic rings. The molecule has 9 heteroatoms. The van der Waals surface area contributed by atoms with Crippen molar-refractivity contribution in [2.75, 3.05) is 17.7 Å². The van der Waals surface area contributed by atoms with Crippen molar-refractivity contribution in [3.63, 3.8) is 0 Å². The van der Waals surface area contributed by atoms with Gasteiger partial charge >= 0.3 is 0 Å². The summed E-state index contributed by atoms with van der Waals surface area (Å²) in [5.74, 6) is 1.27. The molecular weight excluding hydrogens is 272 g/mol. The normalized spacial score (nSPS) is 23.4. The summed E-state index contributed by atoms with van der Waals surface area (Å²) < 4.78 is 1.47. The second-order valence-electron chi connectivity index (χ2n) is 5.64. The first kappa shape index (κ1) is 13.7. The third kappa shape index (κ3) is 2.40. The number of hydrogen-bond donors (Lipinski definition) is 3. The molecule has 21 heavy (non-hydrogen) atoms. The van der Waals surface area contributed by atoms with E-state index in [-0.39, 0.29) is 17.6 Å². The molecule has 2 heterocycles. The van der Waals surface area contributed by atoms with E-state index in [1.807, 2.05) is 13.8 Å². The number of hydrogen-bond acceptors (Lipinski definition) is 8. The van der Waals surface area contributed by atoms with E-state index in [1.54, 1.807) is 7.05 Å². The Bertz CT molecular complexity index is 626. The van der Waals surface area contributed by atoms with Gasteiger partial charge in [0.1, 0.15) is 12.7 Å². The van der Waals surface area contributed by atoms with Crippen molar-refractivity contribution in [3.05, 3.63) is 12.7 Å². The molecule has 0 bridgehead atoms. The van der Waals surface area contributed by atoms with Crippen molar-refractivity contribution >= 4 is 11.9 Å². The fourth-order valence-electron chi connectivity index (χ4n) is 2.26. The average molecular weight is 290 g/mol. The van der Waals surface area contributed by atoms with Crippen LogP contribution in [0.3, 0.4) is 0 Å². The molecule has 0 amide bonds. The Labute approximate surface area is 121 Å². The molecule has 1 fully saturated rings. The van der Waals surface area contributed by atoms with Crippen molar-refractivity contribution < 1.29 is 5.11 Å². The molecule has 3 rings (SSSR count). The van der Waals surface area contributed by atoms with E-state index in [9.17, 15) is 5.11 Å². The van der Waals surface area contributed by atoms with Crippen LogP contribution < -0.4 is 10.6 Å². The standard InChI is InChI=1S/C12H18N8O/c1-12(2)7(4-8(12)21)16-10-17-9(13-3)18-11(19-10)20-6-14-5-15-20/h5-8,21H,4H2,1-3H3,(H2,13,16,17,18,19). The maximum absolute atomic E-state index is 9.80. The third-order valence-corrected chi connectivity index (χ3v) is 3.99. The van der Waals surface area contributed by atoms with Gasteiger partial charge in [0.2, 0.25) is 11.9 Å². The molecule has 0 aliphatic heterocycles. The number of aliphatic hydroxyl groups is 1. The molecule has 2 atom stereocenters. The van der Waals surface area contributed by atoms with Crippen LogP contribution in [-0.2, 0) is 0 Å². The predicted molar refractivity (Wildman–Crippen MR) is 76.1 cm³/mol. The summed E-state index contributed by atoms with van der Waals surface area (Å²) in [5, 5.41) is 20.0. The van der Waals surface area contributed by atoms with Crippen LogP contribution in [0.4, 0.5) is 11.9 Å². The number of rotatable bonds is 4. The van der Waals surface area contributed by atoms with Gasteiger partial charge in [0, 0.05) is 18.5 Å². The van der Waals surface area contributed by atoms with Crippen LogP contribution in [0.1, 0.15) is 20.3 Å². The Hall–Kier alpha value is -2.29. The minimum Gasteiger partial charge on any atom is -0.392 e. The van der Waals surface area contributed by atoms with Gasteiger partial charge in [0.15, 0.2) is 0 Å². The average Bonchev–Trinajstić information content (AvgIpc) is 3.01. The largest absolute Gasteiger partial charge is 0.392 e. The molecule has 112 valence electrons. The van der Waals surface area contributed by atoms with E-state index in [2.05, 4.69) is 35.7 Å². The number of aliphatic hydroxyl groups excluding tert-OH is 1. The highest BCUT2D eigenvalue weighted by Crippen LogP contribution is 2.41. The lowest BCUT2D eigenvalue weighted by molar-refractivity contribution is -0.0512. The third-order valence-electron chi connectivity index (χ3n) is 3.99. The Morgan fingerprint density at radius 1 is 1.29 bits per heavy atom. The summed E-state index contributed by atoms with van der Waals surface area (Å²) in [7, 11) is 1.74. The summed E-state index contributed by atoms with van der Waals surface area (Å²) in [6.45, 7) is 4.02. The van der Waals surface area contributed by atoms with Crippen LogP contribution in [-0.4, -0.2) is 54.0 Å². The molecule has 1 saturated carbocycles. The molecule has 1 aliphatic carbocycles. The Balaban J connectivity index is 1.87. The zero-order valence-corrected chi connectivity index (χ0v) is 12.1. The van der Waals surface area contributed by atoms with E-state index in [0.717, 1.165) is 0 Å². The second-order valence-corrected chi connectivity index (χ2v) is 5.64. The summed E-state index contributed by atoms with van der Waals surface area (Å²) in [6, 6.07) is 0.114. The van der Waals surface area contributed by atoms with E-state index in [4.69, 9.17) is 0 Å². The van der Waals surface area contributed by atoms with Gasteiger partial charge < -0.3 is 15.7 Å². The number of anilines is 2. The van der Waals surface area contributed by atoms with Crippen LogP contribution in [0.15, 0.2) is 12.7 Å². The Morgan fingerprint density at radius 2 is 2.05 bits per heavy atom. The van der Waals surface area contributed by atoms with Crippen LogP contribution in [0.2, 0.25) is 0 Å². The first-order valence-corrected chi connectivity index (χ1v) is 6.74. The van der Waals surface area contributed by atoms with E-state index in [0.29, 0.717) is 24.3 Å². The van der Waals surface area contributed by atoms with Gasteiger partial charge in [0.05, 0.1) is 6.10 Å². The molecule has 0 aromatic carbocycles. The molecule has 0 saturated heterocycles. The molecule has 0 spiro atoms. The molecule has 0 radical (unpaired) electrons. The van der Waals surface area contributed by atoms with Gasteiger partial charge in [-0.1, -0.05) is 13.8 Å². The molecular formula is C12H18N8O. The molecule has 2 aromatic heterocycles. The zero-order valence-electron chi connectivity index (χ0n) is 12.1. The van der Waals surface area contributed by atoms with Gasteiger partial charge in [-0.15, -0.1) is 0 Å². The minimum absolute atomic E-state index is 0.114. The zero-order chi connectivity index (χ0) is 15.0. The first-order chi connectivity index (χ1) is 10.0. The van der Waals surface area contributed by atoms with Gasteiger partial charge in [-0.2, -0.15) is 24.7 Å². The van der Waals surface area contributed by atoms with E-state index in [1.165, 1.54) is 17.3 Å². The molecule has 3 N–H and O–H groups in total. The lowest BCUT2D eigenvalue weighted by Gasteiger charge is -2.49. The topological polar surface area (TPSA) is 114 Å². The molecule has 9 nitrogen and oxygen atoms in total. The first-order valence-electron chi connectivity index (χ1n) is 6.74. The maximum Gasteiger partial charge on any atom is 0.258 e. The van der Waals surface area contributed by atoms with Gasteiger partial charge in [0.25, 0.3) is 5.95 Å². The molecule has 1 aliphatic rings. The summed E-state index contributed by atoms with van der Waals surface area (Å²) in [6.07, 6.45) is 3.30. The SMILES string of the molecule is CNc1nc(NC2CC(O)C2(C)C)nc(-n2cncn2)n1. The van der Waals surface area contributed by atoms with E-state index < -0.39 is 0 Å². The Morgan fingerprint density at radius 3 is 2.62 bits per heavy atom. The highest BCUT2D eigenvalue weighted by Gasteiger charge is 2.47. The van der Waals surface area contributed by atoms with Gasteiger partial charge in [-0.3, -0.25) is 0 Å². The lowest BCUT2D eigenvalue weighted by atomic mass is 9.65. The van der Waals surface area contributed by atoms with Gasteiger partial charge in [-0.25, -0.2) is 4.98 Å². The number of nitrogens with zero attached hydrogens (tertiary/aromatic N) is 6. The van der Waals surface area contributed by atoms with Crippen LogP contribution in [0, 0.1) is 5.41 Å². The lowest BCUT2D eigenvalue weighted by Crippen LogP contribution is -2.57. The van der Waals surface area contributed by atoms with Crippen molar-refractivity contribution in [2.45, 2.75) is 32.4 Å². The predicted octanol–water partition coefficient (Wildman–Crippen LogP) is 0.0653. The summed E-state index contributed by atoms with van der Waals surface area (Å²) >= 11 is 0. The minimum atomic E-state index is -0.310. The van der Waals surface area contributed by atoms with E-state index >= 15 is 0 Å². The fraction of sp³-hybridized carbons (Fsp3) is 0.583. The monoisotopic (exact) mass is 290 g/mol. The second kappa shape index (κ2) is 4.92. The van der Waals surface area contributed by atoms with Crippen molar-refractivity contribution in [1.29, 1.82) is 0 Å². The number of nitrogens with one attached hydrogen (secondary N) is 2. The van der Waals surface area contributed by atoms with Crippen LogP contribution in [0.5, 0.6) is 0 Å². The molecule has 2 unspecified atom stereocenters. The van der Waals surface area contributed by atoms with Crippen LogP contribution in [0.25, 0.3) is 5.95 Å². The Kier molecular flexibility index (Phi) is 3.20.